The van der Waals surface area contributed by atoms with E-state index in [9.17, 15) is 18.0 Å². The number of aromatic nitrogens is 1. The molecule has 3 rings (SSSR count). The zero-order valence-electron chi connectivity index (χ0n) is 15.4. The maximum Gasteiger partial charge on any atom is 0.416 e. The topological polar surface area (TPSA) is 57.7 Å². The number of ether oxygens (including phenoxy) is 3. The van der Waals surface area contributed by atoms with Crippen LogP contribution in [-0.4, -0.2) is 25.2 Å². The first-order valence-electron chi connectivity index (χ1n) is 8.33. The van der Waals surface area contributed by atoms with Crippen molar-refractivity contribution in [2.45, 2.75) is 12.8 Å². The van der Waals surface area contributed by atoms with Crippen molar-refractivity contribution in [2.24, 2.45) is 0 Å². The van der Waals surface area contributed by atoms with Crippen LogP contribution in [0, 0.1) is 0 Å². The van der Waals surface area contributed by atoms with E-state index in [4.69, 9.17) is 14.2 Å². The number of methoxy groups -OCH3 is 2. The van der Waals surface area contributed by atoms with Gasteiger partial charge in [-0.05, 0) is 30.3 Å². The van der Waals surface area contributed by atoms with E-state index >= 15 is 0 Å². The number of halogens is 3. The average molecular weight is 423 g/mol. The summed E-state index contributed by atoms with van der Waals surface area (Å²) in [6, 6.07) is 9.39. The molecule has 5 nitrogen and oxygen atoms in total. The molecular weight excluding hydrogens is 407 g/mol. The van der Waals surface area contributed by atoms with E-state index in [1.165, 1.54) is 24.5 Å². The van der Waals surface area contributed by atoms with Crippen LogP contribution in [0.15, 0.2) is 47.8 Å². The van der Waals surface area contributed by atoms with Gasteiger partial charge in [-0.2, -0.15) is 13.2 Å². The molecule has 0 spiro atoms. The smallest absolute Gasteiger partial charge is 0.416 e. The molecular formula is C20H16F3NO4S. The monoisotopic (exact) mass is 423 g/mol. The van der Waals surface area contributed by atoms with Crippen molar-refractivity contribution in [3.63, 3.8) is 0 Å². The molecule has 0 atom stereocenters. The molecule has 0 aliphatic heterocycles. The summed E-state index contributed by atoms with van der Waals surface area (Å²) in [6.07, 6.45) is -4.53. The van der Waals surface area contributed by atoms with Gasteiger partial charge < -0.3 is 14.2 Å². The van der Waals surface area contributed by atoms with E-state index in [0.29, 0.717) is 22.2 Å². The van der Waals surface area contributed by atoms with Gasteiger partial charge in [0.2, 0.25) is 0 Å². The van der Waals surface area contributed by atoms with Crippen molar-refractivity contribution in [1.29, 1.82) is 0 Å². The van der Waals surface area contributed by atoms with E-state index in [2.05, 4.69) is 4.98 Å². The predicted molar refractivity (Wildman–Crippen MR) is 101 cm³/mol. The van der Waals surface area contributed by atoms with Gasteiger partial charge in [0.05, 0.1) is 36.6 Å². The summed E-state index contributed by atoms with van der Waals surface area (Å²) in [5.41, 5.74) is 0.138. The Labute approximate surface area is 168 Å². The second kappa shape index (κ2) is 8.52. The first-order chi connectivity index (χ1) is 13.8. The largest absolute Gasteiger partial charge is 0.497 e. The molecule has 1 aromatic heterocycles. The van der Waals surface area contributed by atoms with Crippen LogP contribution in [0.2, 0.25) is 0 Å². The van der Waals surface area contributed by atoms with Gasteiger partial charge >= 0.3 is 12.1 Å². The Bertz CT molecular complexity index is 1020. The summed E-state index contributed by atoms with van der Waals surface area (Å²) in [4.78, 5) is 16.5. The van der Waals surface area contributed by atoms with Crippen LogP contribution >= 0.6 is 11.3 Å². The summed E-state index contributed by atoms with van der Waals surface area (Å²) < 4.78 is 54.0. The number of nitrogens with zero attached hydrogens (tertiary/aromatic N) is 1. The lowest BCUT2D eigenvalue weighted by Crippen LogP contribution is -2.09. The molecule has 0 radical (unpaired) electrons. The lowest BCUT2D eigenvalue weighted by molar-refractivity contribution is -0.137. The van der Waals surface area contributed by atoms with Gasteiger partial charge in [-0.1, -0.05) is 6.07 Å². The number of esters is 1. The van der Waals surface area contributed by atoms with E-state index in [0.717, 1.165) is 23.8 Å². The molecule has 0 saturated carbocycles. The van der Waals surface area contributed by atoms with Crippen LogP contribution in [-0.2, 0) is 17.5 Å². The maximum absolute atomic E-state index is 12.8. The summed E-state index contributed by atoms with van der Waals surface area (Å²) in [5.74, 6) is 0.358. The molecule has 2 aromatic carbocycles. The number of hydrogen-bond acceptors (Lipinski definition) is 6. The molecule has 0 unspecified atom stereocenters. The average Bonchev–Trinajstić information content (AvgIpc) is 3.19. The van der Waals surface area contributed by atoms with Gasteiger partial charge in [0.1, 0.15) is 23.1 Å². The molecule has 0 aliphatic carbocycles. The van der Waals surface area contributed by atoms with Gasteiger partial charge in [-0.25, -0.2) is 9.78 Å². The molecule has 0 fully saturated rings. The number of alkyl halides is 3. The quantitative estimate of drug-likeness (QED) is 0.510. The molecule has 0 saturated heterocycles. The Morgan fingerprint density at radius 3 is 2.59 bits per heavy atom. The van der Waals surface area contributed by atoms with Crippen molar-refractivity contribution in [3.8, 4) is 22.1 Å². The molecule has 29 heavy (non-hydrogen) atoms. The summed E-state index contributed by atoms with van der Waals surface area (Å²) >= 11 is 1.33. The minimum absolute atomic E-state index is 0.163. The number of thiazole rings is 1. The third-order valence-corrected chi connectivity index (χ3v) is 4.89. The summed E-state index contributed by atoms with van der Waals surface area (Å²) in [5, 5.41) is 2.35. The van der Waals surface area contributed by atoms with Crippen molar-refractivity contribution >= 4 is 17.3 Å². The Hall–Kier alpha value is -3.07. The van der Waals surface area contributed by atoms with Crippen molar-refractivity contribution < 1.29 is 32.2 Å². The Morgan fingerprint density at radius 2 is 1.90 bits per heavy atom. The van der Waals surface area contributed by atoms with Crippen LogP contribution in [0.4, 0.5) is 13.2 Å². The highest BCUT2D eigenvalue weighted by molar-refractivity contribution is 7.13. The molecule has 0 N–H and O–H groups in total. The normalized spacial score (nSPS) is 11.2. The van der Waals surface area contributed by atoms with E-state index in [1.54, 1.807) is 30.7 Å². The SMILES string of the molecule is COc1ccc(-c2nc(COC(=O)c3cccc(C(F)(F)F)c3)cs2)c(OC)c1. The summed E-state index contributed by atoms with van der Waals surface area (Å²) in [6.45, 7) is -0.163. The van der Waals surface area contributed by atoms with Crippen LogP contribution in [0.5, 0.6) is 11.5 Å². The second-order valence-electron chi connectivity index (χ2n) is 5.86. The standard InChI is InChI=1S/C20H16F3NO4S/c1-26-15-6-7-16(17(9-15)27-2)18-24-14(11-29-18)10-28-19(25)12-4-3-5-13(8-12)20(21,22)23/h3-9,11H,10H2,1-2H3. The molecule has 0 aliphatic rings. The van der Waals surface area contributed by atoms with E-state index < -0.39 is 17.7 Å². The molecule has 152 valence electrons. The summed E-state index contributed by atoms with van der Waals surface area (Å²) in [7, 11) is 3.08. The van der Waals surface area contributed by atoms with Gasteiger partial charge in [0.15, 0.2) is 0 Å². The number of carbonyl (C=O) groups is 1. The van der Waals surface area contributed by atoms with Crippen LogP contribution < -0.4 is 9.47 Å². The zero-order valence-corrected chi connectivity index (χ0v) is 16.3. The second-order valence-corrected chi connectivity index (χ2v) is 6.72. The Balaban J connectivity index is 1.71. The molecule has 3 aromatic rings. The number of rotatable bonds is 6. The number of carbonyl (C=O) groups excluding carboxylic acids is 1. The molecule has 9 heteroatoms. The lowest BCUT2D eigenvalue weighted by Gasteiger charge is -2.09. The minimum Gasteiger partial charge on any atom is -0.497 e. The maximum atomic E-state index is 12.8. The van der Waals surface area contributed by atoms with Crippen molar-refractivity contribution in [2.75, 3.05) is 14.2 Å². The fraction of sp³-hybridized carbons (Fsp3) is 0.200. The Kier molecular flexibility index (Phi) is 6.07. The van der Waals surface area contributed by atoms with Crippen molar-refractivity contribution in [1.82, 2.24) is 4.98 Å². The Morgan fingerprint density at radius 1 is 1.10 bits per heavy atom. The van der Waals surface area contributed by atoms with Gasteiger partial charge in [-0.15, -0.1) is 11.3 Å². The first-order valence-corrected chi connectivity index (χ1v) is 9.21. The van der Waals surface area contributed by atoms with Gasteiger partial charge in [0.25, 0.3) is 0 Å². The van der Waals surface area contributed by atoms with Gasteiger partial charge in [-0.3, -0.25) is 0 Å². The third-order valence-electron chi connectivity index (χ3n) is 3.97. The zero-order chi connectivity index (χ0) is 21.0. The van der Waals surface area contributed by atoms with Crippen LogP contribution in [0.1, 0.15) is 21.6 Å². The fourth-order valence-electron chi connectivity index (χ4n) is 2.52. The number of benzene rings is 2. The predicted octanol–water partition coefficient (Wildman–Crippen LogP) is 5.20. The van der Waals surface area contributed by atoms with Crippen molar-refractivity contribution in [3.05, 3.63) is 64.7 Å². The van der Waals surface area contributed by atoms with Crippen LogP contribution in [0.3, 0.4) is 0 Å². The highest BCUT2D eigenvalue weighted by atomic mass is 32.1. The first kappa shape index (κ1) is 20.7. The van der Waals surface area contributed by atoms with E-state index in [-0.39, 0.29) is 12.2 Å². The molecule has 0 amide bonds. The fourth-order valence-corrected chi connectivity index (χ4v) is 3.35. The minimum atomic E-state index is -4.53. The van der Waals surface area contributed by atoms with Crippen LogP contribution in [0.25, 0.3) is 10.6 Å². The van der Waals surface area contributed by atoms with E-state index in [1.807, 2.05) is 0 Å². The molecule has 0 bridgehead atoms. The highest BCUT2D eigenvalue weighted by Crippen LogP contribution is 2.35. The lowest BCUT2D eigenvalue weighted by atomic mass is 10.1. The highest BCUT2D eigenvalue weighted by Gasteiger charge is 2.31. The number of hydrogen-bond donors (Lipinski definition) is 0. The third kappa shape index (κ3) is 4.86. The van der Waals surface area contributed by atoms with Gasteiger partial charge in [0, 0.05) is 11.4 Å². The molecule has 1 heterocycles.